The van der Waals surface area contributed by atoms with Gasteiger partial charge in [-0.2, -0.15) is 5.10 Å². The number of nitrogens with zero attached hydrogens (tertiary/aromatic N) is 2. The first-order chi connectivity index (χ1) is 7.43. The van der Waals surface area contributed by atoms with Gasteiger partial charge in [0.05, 0.1) is 22.0 Å². The molecule has 1 heterocycles. The molecule has 0 saturated carbocycles. The number of rotatable bonds is 5. The monoisotopic (exact) mass is 244 g/mol. The van der Waals surface area contributed by atoms with Crippen LogP contribution in [0.5, 0.6) is 0 Å². The Balaban J connectivity index is 2.93. The van der Waals surface area contributed by atoms with E-state index in [0.717, 1.165) is 30.7 Å². The van der Waals surface area contributed by atoms with Crippen LogP contribution in [0.3, 0.4) is 0 Å². The fraction of sp³-hybridized carbons (Fsp3) is 0.750. The fourth-order valence-corrected chi connectivity index (χ4v) is 2.27. The van der Waals surface area contributed by atoms with Crippen molar-refractivity contribution in [2.45, 2.75) is 52.1 Å². The molecule has 3 nitrogen and oxygen atoms in total. The highest BCUT2D eigenvalue weighted by Gasteiger charge is 2.27. The van der Waals surface area contributed by atoms with Crippen LogP contribution in [0, 0.1) is 6.92 Å². The zero-order valence-electron chi connectivity index (χ0n) is 10.5. The minimum absolute atomic E-state index is 0.577. The maximum absolute atomic E-state index is 10.4. The molecule has 1 unspecified atom stereocenters. The highest BCUT2D eigenvalue weighted by atomic mass is 35.5. The SMILES string of the molecule is CCCC(O)(CC)Cc1c(Cl)c(C)nn1C. The maximum Gasteiger partial charge on any atom is 0.0848 e. The Morgan fingerprint density at radius 1 is 1.44 bits per heavy atom. The Hall–Kier alpha value is -0.540. The van der Waals surface area contributed by atoms with Crippen molar-refractivity contribution in [1.82, 2.24) is 9.78 Å². The van der Waals surface area contributed by atoms with Crippen LogP contribution in [0.15, 0.2) is 0 Å². The second-order valence-electron chi connectivity index (χ2n) is 4.47. The molecule has 0 spiro atoms. The van der Waals surface area contributed by atoms with E-state index < -0.39 is 5.60 Å². The van der Waals surface area contributed by atoms with E-state index in [9.17, 15) is 5.11 Å². The third-order valence-electron chi connectivity index (χ3n) is 3.13. The van der Waals surface area contributed by atoms with Gasteiger partial charge in [0.25, 0.3) is 0 Å². The van der Waals surface area contributed by atoms with Gasteiger partial charge in [0.15, 0.2) is 0 Å². The summed E-state index contributed by atoms with van der Waals surface area (Å²) in [4.78, 5) is 0. The van der Waals surface area contributed by atoms with E-state index in [0.29, 0.717) is 11.4 Å². The lowest BCUT2D eigenvalue weighted by Gasteiger charge is -2.26. The van der Waals surface area contributed by atoms with Gasteiger partial charge in [-0.05, 0) is 19.8 Å². The summed E-state index contributed by atoms with van der Waals surface area (Å²) in [5.41, 5.74) is 1.10. The van der Waals surface area contributed by atoms with Gasteiger partial charge >= 0.3 is 0 Å². The standard InChI is InChI=1S/C12H21ClN2O/c1-5-7-12(16,6-2)8-10-11(13)9(3)14-15(10)4/h16H,5-8H2,1-4H3. The van der Waals surface area contributed by atoms with E-state index in [2.05, 4.69) is 12.0 Å². The van der Waals surface area contributed by atoms with Crippen molar-refractivity contribution in [3.63, 3.8) is 0 Å². The molecule has 92 valence electrons. The Kier molecular flexibility index (Phi) is 4.39. The van der Waals surface area contributed by atoms with Crippen molar-refractivity contribution in [3.05, 3.63) is 16.4 Å². The predicted octanol–water partition coefficient (Wildman–Crippen LogP) is 2.87. The van der Waals surface area contributed by atoms with Gasteiger partial charge in [-0.1, -0.05) is 31.9 Å². The minimum Gasteiger partial charge on any atom is -0.389 e. The molecule has 0 aliphatic carbocycles. The quantitative estimate of drug-likeness (QED) is 0.865. The van der Waals surface area contributed by atoms with Crippen LogP contribution in [0.25, 0.3) is 0 Å². The summed E-state index contributed by atoms with van der Waals surface area (Å²) in [6.45, 7) is 5.97. The van der Waals surface area contributed by atoms with Crippen LogP contribution in [0.4, 0.5) is 0 Å². The summed E-state index contributed by atoms with van der Waals surface area (Å²) < 4.78 is 1.77. The van der Waals surface area contributed by atoms with Gasteiger partial charge in [0.2, 0.25) is 0 Å². The van der Waals surface area contributed by atoms with Gasteiger partial charge in [0.1, 0.15) is 0 Å². The lowest BCUT2D eigenvalue weighted by molar-refractivity contribution is 0.0254. The molecule has 16 heavy (non-hydrogen) atoms. The van der Waals surface area contributed by atoms with Crippen LogP contribution in [0.1, 0.15) is 44.5 Å². The predicted molar refractivity (Wildman–Crippen MR) is 66.8 cm³/mol. The molecule has 0 aromatic carbocycles. The molecule has 4 heteroatoms. The normalized spacial score (nSPS) is 15.1. The molecule has 1 atom stereocenters. The lowest BCUT2D eigenvalue weighted by atomic mass is 9.90. The highest BCUT2D eigenvalue weighted by Crippen LogP contribution is 2.28. The Morgan fingerprint density at radius 2 is 2.06 bits per heavy atom. The molecule has 0 amide bonds. The molecule has 1 rings (SSSR count). The first-order valence-electron chi connectivity index (χ1n) is 5.84. The average Bonchev–Trinajstić information content (AvgIpc) is 2.46. The number of aliphatic hydroxyl groups is 1. The summed E-state index contributed by atoms with van der Waals surface area (Å²) in [6, 6.07) is 0. The second kappa shape index (κ2) is 5.19. The van der Waals surface area contributed by atoms with Gasteiger partial charge < -0.3 is 5.11 Å². The molecular formula is C12H21ClN2O. The van der Waals surface area contributed by atoms with E-state index in [4.69, 9.17) is 11.6 Å². The molecule has 1 aromatic rings. The molecule has 1 aromatic heterocycles. The van der Waals surface area contributed by atoms with Crippen molar-refractivity contribution in [2.75, 3.05) is 0 Å². The van der Waals surface area contributed by atoms with Crippen molar-refractivity contribution in [2.24, 2.45) is 7.05 Å². The zero-order valence-corrected chi connectivity index (χ0v) is 11.3. The largest absolute Gasteiger partial charge is 0.389 e. The topological polar surface area (TPSA) is 38.1 Å². The van der Waals surface area contributed by atoms with E-state index in [1.54, 1.807) is 4.68 Å². The smallest absolute Gasteiger partial charge is 0.0848 e. The average molecular weight is 245 g/mol. The third-order valence-corrected chi connectivity index (χ3v) is 3.62. The first-order valence-corrected chi connectivity index (χ1v) is 6.21. The van der Waals surface area contributed by atoms with Crippen LogP contribution >= 0.6 is 11.6 Å². The number of aromatic nitrogens is 2. The zero-order chi connectivity index (χ0) is 12.3. The highest BCUT2D eigenvalue weighted by molar-refractivity contribution is 6.31. The number of hydrogen-bond acceptors (Lipinski definition) is 2. The molecule has 0 bridgehead atoms. The summed E-state index contributed by atoms with van der Waals surface area (Å²) >= 11 is 6.18. The van der Waals surface area contributed by atoms with Crippen LogP contribution in [-0.2, 0) is 13.5 Å². The Labute approximate surface area is 102 Å². The van der Waals surface area contributed by atoms with Crippen molar-refractivity contribution in [1.29, 1.82) is 0 Å². The Bertz CT molecular complexity index is 362. The first kappa shape index (κ1) is 13.5. The van der Waals surface area contributed by atoms with E-state index in [-0.39, 0.29) is 0 Å². The van der Waals surface area contributed by atoms with Crippen molar-refractivity contribution >= 4 is 11.6 Å². The minimum atomic E-state index is -0.654. The molecule has 0 aliphatic rings. The fourth-order valence-electron chi connectivity index (χ4n) is 2.04. The Morgan fingerprint density at radius 3 is 2.44 bits per heavy atom. The molecule has 0 radical (unpaired) electrons. The van der Waals surface area contributed by atoms with Gasteiger partial charge in [-0.25, -0.2) is 0 Å². The number of hydrogen-bond donors (Lipinski definition) is 1. The van der Waals surface area contributed by atoms with Crippen molar-refractivity contribution < 1.29 is 5.11 Å². The third kappa shape index (κ3) is 2.77. The van der Waals surface area contributed by atoms with Crippen molar-refractivity contribution in [3.8, 4) is 0 Å². The number of aryl methyl sites for hydroxylation is 2. The molecule has 0 aliphatic heterocycles. The summed E-state index contributed by atoms with van der Waals surface area (Å²) in [5, 5.41) is 15.4. The van der Waals surface area contributed by atoms with Crippen LogP contribution < -0.4 is 0 Å². The van der Waals surface area contributed by atoms with E-state index in [1.165, 1.54) is 0 Å². The number of halogens is 1. The summed E-state index contributed by atoms with van der Waals surface area (Å²) in [6.07, 6.45) is 3.08. The second-order valence-corrected chi connectivity index (χ2v) is 4.85. The van der Waals surface area contributed by atoms with Crippen LogP contribution in [0.2, 0.25) is 5.02 Å². The maximum atomic E-state index is 10.4. The van der Waals surface area contributed by atoms with E-state index in [1.807, 2.05) is 20.9 Å². The van der Waals surface area contributed by atoms with E-state index >= 15 is 0 Å². The summed E-state index contributed by atoms with van der Waals surface area (Å²) in [7, 11) is 1.87. The molecule has 1 N–H and O–H groups in total. The summed E-state index contributed by atoms with van der Waals surface area (Å²) in [5.74, 6) is 0. The molecule has 0 saturated heterocycles. The molecule has 0 fully saturated rings. The van der Waals surface area contributed by atoms with Gasteiger partial charge in [0, 0.05) is 13.5 Å². The van der Waals surface area contributed by atoms with Crippen LogP contribution in [-0.4, -0.2) is 20.5 Å². The van der Waals surface area contributed by atoms with Gasteiger partial charge in [-0.15, -0.1) is 0 Å². The lowest BCUT2D eigenvalue weighted by Crippen LogP contribution is -2.31. The van der Waals surface area contributed by atoms with Gasteiger partial charge in [-0.3, -0.25) is 4.68 Å². The molecular weight excluding hydrogens is 224 g/mol.